The number of amides is 1. The van der Waals surface area contributed by atoms with Crippen LogP contribution in [0.5, 0.6) is 0 Å². The Hall–Kier alpha value is -1.96. The lowest BCUT2D eigenvalue weighted by molar-refractivity contribution is 0.102. The summed E-state index contributed by atoms with van der Waals surface area (Å²) in [6.07, 6.45) is 1.05. The fourth-order valence-corrected chi connectivity index (χ4v) is 5.49. The monoisotopic (exact) mass is 411 g/mol. The molecule has 0 heterocycles. The summed E-state index contributed by atoms with van der Waals surface area (Å²) in [6, 6.07) is 9.44. The minimum atomic E-state index is -3.73. The van der Waals surface area contributed by atoms with Gasteiger partial charge in [-0.3, -0.25) is 4.79 Å². The molecule has 27 heavy (non-hydrogen) atoms. The molecule has 144 valence electrons. The number of nitrogens with one attached hydrogen (secondary N) is 1. The normalized spacial score (nSPS) is 20.3. The number of carbonyl (C=O) groups excluding carboxylic acids is 1. The Labute approximate surface area is 162 Å². The third-order valence-electron chi connectivity index (χ3n) is 4.66. The summed E-state index contributed by atoms with van der Waals surface area (Å²) in [5.74, 6) is -1.06. The Morgan fingerprint density at radius 2 is 1.81 bits per heavy atom. The van der Waals surface area contributed by atoms with E-state index in [1.165, 1.54) is 42.5 Å². The van der Waals surface area contributed by atoms with Gasteiger partial charge in [-0.25, -0.2) is 12.8 Å². The van der Waals surface area contributed by atoms with Crippen molar-refractivity contribution in [2.45, 2.75) is 41.9 Å². The zero-order valence-electron chi connectivity index (χ0n) is 14.4. The lowest BCUT2D eigenvalue weighted by atomic mass is 9.97. The lowest BCUT2D eigenvalue weighted by Crippen LogP contribution is -2.29. The van der Waals surface area contributed by atoms with Crippen LogP contribution in [-0.2, 0) is 9.84 Å². The Bertz CT molecular complexity index is 956. The number of rotatable bonds is 4. The highest BCUT2D eigenvalue weighted by atomic mass is 35.5. The molecule has 1 fully saturated rings. The number of halogens is 2. The third kappa shape index (κ3) is 4.48. The van der Waals surface area contributed by atoms with Gasteiger partial charge in [-0.1, -0.05) is 17.7 Å². The Morgan fingerprint density at radius 3 is 2.48 bits per heavy atom. The van der Waals surface area contributed by atoms with Crippen molar-refractivity contribution in [3.63, 3.8) is 0 Å². The fourth-order valence-electron chi connectivity index (χ4n) is 3.17. The van der Waals surface area contributed by atoms with E-state index >= 15 is 0 Å². The van der Waals surface area contributed by atoms with Gasteiger partial charge >= 0.3 is 0 Å². The Morgan fingerprint density at radius 1 is 1.11 bits per heavy atom. The second-order valence-electron chi connectivity index (χ2n) is 6.59. The molecular weight excluding hydrogens is 393 g/mol. The summed E-state index contributed by atoms with van der Waals surface area (Å²) in [5.41, 5.74) is 0.374. The molecule has 0 spiro atoms. The van der Waals surface area contributed by atoms with Gasteiger partial charge in [0.15, 0.2) is 9.84 Å². The third-order valence-corrected chi connectivity index (χ3v) is 7.41. The number of benzene rings is 2. The van der Waals surface area contributed by atoms with Crippen molar-refractivity contribution in [3.05, 3.63) is 58.9 Å². The van der Waals surface area contributed by atoms with E-state index in [0.717, 1.165) is 0 Å². The second-order valence-corrected chi connectivity index (χ2v) is 9.19. The van der Waals surface area contributed by atoms with Crippen LogP contribution in [0.1, 0.15) is 36.0 Å². The molecule has 0 saturated heterocycles. The molecule has 1 aliphatic rings. The van der Waals surface area contributed by atoms with Crippen LogP contribution < -0.4 is 5.32 Å². The molecule has 1 amide bonds. The van der Waals surface area contributed by atoms with Gasteiger partial charge in [-0.05, 0) is 62.1 Å². The van der Waals surface area contributed by atoms with Crippen LogP contribution in [0.15, 0.2) is 47.4 Å². The number of aliphatic hydroxyl groups is 1. The maximum absolute atomic E-state index is 13.3. The summed E-state index contributed by atoms with van der Waals surface area (Å²) in [6.45, 7) is 0. The predicted molar refractivity (Wildman–Crippen MR) is 101 cm³/mol. The van der Waals surface area contributed by atoms with E-state index in [0.29, 0.717) is 25.7 Å². The van der Waals surface area contributed by atoms with E-state index in [-0.39, 0.29) is 21.2 Å². The SMILES string of the molecule is O=C(Nc1cccc(F)c1)c1ccc(Cl)c(S(=O)(=O)C2CCC(O)CC2)c1. The predicted octanol–water partition coefficient (Wildman–Crippen LogP) is 3.81. The van der Waals surface area contributed by atoms with Crippen molar-refractivity contribution in [3.8, 4) is 0 Å². The standard InChI is InChI=1S/C19H19ClFNO4S/c20-17-9-4-12(19(24)22-14-3-1-2-13(21)11-14)10-18(17)27(25,26)16-7-5-15(23)6-8-16/h1-4,9-11,15-16,23H,5-8H2,(H,22,24). The Balaban J connectivity index is 1.86. The molecule has 2 N–H and O–H groups in total. The van der Waals surface area contributed by atoms with Gasteiger partial charge in [-0.2, -0.15) is 0 Å². The van der Waals surface area contributed by atoms with Gasteiger partial charge in [0, 0.05) is 11.3 Å². The molecule has 0 unspecified atom stereocenters. The minimum Gasteiger partial charge on any atom is -0.393 e. The van der Waals surface area contributed by atoms with Crippen molar-refractivity contribution in [2.24, 2.45) is 0 Å². The van der Waals surface area contributed by atoms with E-state index < -0.39 is 32.9 Å². The van der Waals surface area contributed by atoms with Crippen molar-refractivity contribution in [2.75, 3.05) is 5.32 Å². The van der Waals surface area contributed by atoms with Gasteiger partial charge < -0.3 is 10.4 Å². The molecule has 3 rings (SSSR count). The van der Waals surface area contributed by atoms with Gasteiger partial charge in [0.1, 0.15) is 5.82 Å². The molecule has 0 radical (unpaired) electrons. The van der Waals surface area contributed by atoms with Crippen molar-refractivity contribution < 1.29 is 22.7 Å². The molecule has 0 aromatic heterocycles. The van der Waals surface area contributed by atoms with Crippen LogP contribution in [0, 0.1) is 5.82 Å². The van der Waals surface area contributed by atoms with Crippen LogP contribution in [0.4, 0.5) is 10.1 Å². The zero-order valence-corrected chi connectivity index (χ0v) is 15.9. The quantitative estimate of drug-likeness (QED) is 0.801. The van der Waals surface area contributed by atoms with Crippen molar-refractivity contribution in [1.82, 2.24) is 0 Å². The van der Waals surface area contributed by atoms with Crippen LogP contribution in [0.2, 0.25) is 5.02 Å². The summed E-state index contributed by atoms with van der Waals surface area (Å²) in [5, 5.41) is 11.5. The van der Waals surface area contributed by atoms with Crippen LogP contribution in [0.25, 0.3) is 0 Å². The molecule has 2 aromatic carbocycles. The van der Waals surface area contributed by atoms with E-state index in [1.807, 2.05) is 0 Å². The Kier molecular flexibility index (Phi) is 5.83. The van der Waals surface area contributed by atoms with E-state index in [4.69, 9.17) is 11.6 Å². The largest absolute Gasteiger partial charge is 0.393 e. The van der Waals surface area contributed by atoms with E-state index in [1.54, 1.807) is 0 Å². The molecule has 5 nitrogen and oxygen atoms in total. The number of anilines is 1. The van der Waals surface area contributed by atoms with Gasteiger partial charge in [-0.15, -0.1) is 0 Å². The molecule has 1 aliphatic carbocycles. The first kappa shape index (κ1) is 19.8. The summed E-state index contributed by atoms with van der Waals surface area (Å²) in [7, 11) is -3.73. The zero-order chi connectivity index (χ0) is 19.6. The first-order valence-electron chi connectivity index (χ1n) is 8.56. The molecular formula is C19H19ClFNO4S. The summed E-state index contributed by atoms with van der Waals surface area (Å²) in [4.78, 5) is 12.3. The first-order chi connectivity index (χ1) is 12.8. The number of carbonyl (C=O) groups is 1. The van der Waals surface area contributed by atoms with Gasteiger partial charge in [0.2, 0.25) is 0 Å². The average Bonchev–Trinajstić information content (AvgIpc) is 2.62. The minimum absolute atomic E-state index is 0.0448. The molecule has 8 heteroatoms. The highest BCUT2D eigenvalue weighted by Gasteiger charge is 2.33. The second kappa shape index (κ2) is 7.96. The van der Waals surface area contributed by atoms with E-state index in [9.17, 15) is 22.7 Å². The maximum Gasteiger partial charge on any atom is 0.255 e. The van der Waals surface area contributed by atoms with Crippen LogP contribution in [0.3, 0.4) is 0 Å². The van der Waals surface area contributed by atoms with E-state index in [2.05, 4.69) is 5.32 Å². The molecule has 1 saturated carbocycles. The average molecular weight is 412 g/mol. The lowest BCUT2D eigenvalue weighted by Gasteiger charge is -2.25. The number of hydrogen-bond acceptors (Lipinski definition) is 4. The maximum atomic E-state index is 13.3. The highest BCUT2D eigenvalue weighted by molar-refractivity contribution is 7.92. The van der Waals surface area contributed by atoms with Gasteiger partial charge in [0.05, 0.1) is 21.3 Å². The van der Waals surface area contributed by atoms with Crippen LogP contribution >= 0.6 is 11.6 Å². The van der Waals surface area contributed by atoms with Gasteiger partial charge in [0.25, 0.3) is 5.91 Å². The number of aliphatic hydroxyl groups excluding tert-OH is 1. The summed E-state index contributed by atoms with van der Waals surface area (Å²) >= 11 is 6.10. The number of hydrogen-bond donors (Lipinski definition) is 2. The highest BCUT2D eigenvalue weighted by Crippen LogP contribution is 2.33. The van der Waals surface area contributed by atoms with Crippen molar-refractivity contribution >= 4 is 33.0 Å². The molecule has 0 atom stereocenters. The molecule has 0 aliphatic heterocycles. The molecule has 0 bridgehead atoms. The number of sulfone groups is 1. The smallest absolute Gasteiger partial charge is 0.255 e. The van der Waals surface area contributed by atoms with Crippen molar-refractivity contribution in [1.29, 1.82) is 0 Å². The summed E-state index contributed by atoms with van der Waals surface area (Å²) < 4.78 is 39.2. The van der Waals surface area contributed by atoms with Crippen LogP contribution in [-0.4, -0.2) is 30.8 Å². The first-order valence-corrected chi connectivity index (χ1v) is 10.5. The fraction of sp³-hybridized carbons (Fsp3) is 0.316. The topological polar surface area (TPSA) is 83.5 Å². The molecule has 2 aromatic rings.